The largest absolute Gasteiger partial charge is 0.392 e. The standard InChI is InChI=1S/C13H17NO3S/c1-4-9-14(5-2)18(16,17)13-8-6-7-12(10-15)11(13)3/h1,6-8,15H,5,9-10H2,2-3H3. The van der Waals surface area contributed by atoms with Gasteiger partial charge in [-0.15, -0.1) is 6.42 Å². The number of hydrogen-bond acceptors (Lipinski definition) is 3. The second-order valence-corrected chi connectivity index (χ2v) is 5.74. The van der Waals surface area contributed by atoms with E-state index in [-0.39, 0.29) is 18.0 Å². The number of benzene rings is 1. The van der Waals surface area contributed by atoms with Crippen LogP contribution in [0.1, 0.15) is 18.1 Å². The zero-order valence-electron chi connectivity index (χ0n) is 10.5. The molecule has 0 aliphatic heterocycles. The average molecular weight is 267 g/mol. The summed E-state index contributed by atoms with van der Waals surface area (Å²) in [6.45, 7) is 3.59. The third kappa shape index (κ3) is 2.72. The Balaban J connectivity index is 3.33. The Bertz CT molecular complexity index is 558. The lowest BCUT2D eigenvalue weighted by Crippen LogP contribution is -2.31. The first-order valence-electron chi connectivity index (χ1n) is 5.62. The molecule has 0 aliphatic rings. The van der Waals surface area contributed by atoms with Gasteiger partial charge in [-0.3, -0.25) is 0 Å². The fraction of sp³-hybridized carbons (Fsp3) is 0.385. The second-order valence-electron chi connectivity index (χ2n) is 3.83. The van der Waals surface area contributed by atoms with E-state index in [9.17, 15) is 8.42 Å². The number of sulfonamides is 1. The minimum atomic E-state index is -3.60. The van der Waals surface area contributed by atoms with Crippen LogP contribution in [0.5, 0.6) is 0 Å². The molecule has 1 aromatic carbocycles. The quantitative estimate of drug-likeness (QED) is 0.814. The van der Waals surface area contributed by atoms with Gasteiger partial charge in [0.25, 0.3) is 0 Å². The summed E-state index contributed by atoms with van der Waals surface area (Å²) < 4.78 is 26.0. The summed E-state index contributed by atoms with van der Waals surface area (Å²) >= 11 is 0. The highest BCUT2D eigenvalue weighted by molar-refractivity contribution is 7.89. The monoisotopic (exact) mass is 267 g/mol. The fourth-order valence-electron chi connectivity index (χ4n) is 1.72. The number of terminal acetylenes is 1. The molecule has 0 amide bonds. The molecule has 0 heterocycles. The first-order chi connectivity index (χ1) is 8.48. The van der Waals surface area contributed by atoms with Crippen LogP contribution in [0.4, 0.5) is 0 Å². The van der Waals surface area contributed by atoms with E-state index in [0.717, 1.165) is 0 Å². The molecular formula is C13H17NO3S. The van der Waals surface area contributed by atoms with Gasteiger partial charge in [0.15, 0.2) is 0 Å². The SMILES string of the molecule is C#CCN(CC)S(=O)(=O)c1cccc(CO)c1C. The summed E-state index contributed by atoms with van der Waals surface area (Å²) in [4.78, 5) is 0.200. The second kappa shape index (κ2) is 6.01. The first kappa shape index (κ1) is 14.7. The van der Waals surface area contributed by atoms with Crippen molar-refractivity contribution in [2.75, 3.05) is 13.1 Å². The molecule has 98 valence electrons. The Morgan fingerprint density at radius 1 is 1.44 bits per heavy atom. The molecule has 0 saturated heterocycles. The van der Waals surface area contributed by atoms with E-state index in [1.54, 1.807) is 26.0 Å². The molecule has 1 rings (SSSR count). The minimum absolute atomic E-state index is 0.0433. The van der Waals surface area contributed by atoms with Crippen LogP contribution in [-0.2, 0) is 16.6 Å². The summed E-state index contributed by atoms with van der Waals surface area (Å²) in [5, 5.41) is 9.17. The van der Waals surface area contributed by atoms with Crippen LogP contribution in [0.15, 0.2) is 23.1 Å². The van der Waals surface area contributed by atoms with Crippen molar-refractivity contribution in [1.82, 2.24) is 4.31 Å². The van der Waals surface area contributed by atoms with Crippen LogP contribution < -0.4 is 0 Å². The average Bonchev–Trinajstić information content (AvgIpc) is 2.35. The lowest BCUT2D eigenvalue weighted by molar-refractivity contribution is 0.280. The Morgan fingerprint density at radius 2 is 2.11 bits per heavy atom. The van der Waals surface area contributed by atoms with E-state index < -0.39 is 10.0 Å². The van der Waals surface area contributed by atoms with Gasteiger partial charge in [0.2, 0.25) is 10.0 Å². The van der Waals surface area contributed by atoms with Gasteiger partial charge in [-0.25, -0.2) is 8.42 Å². The van der Waals surface area contributed by atoms with Gasteiger partial charge in [0, 0.05) is 6.54 Å². The van der Waals surface area contributed by atoms with E-state index in [0.29, 0.717) is 17.7 Å². The molecule has 0 radical (unpaired) electrons. The molecular weight excluding hydrogens is 250 g/mol. The van der Waals surface area contributed by atoms with E-state index in [2.05, 4.69) is 5.92 Å². The van der Waals surface area contributed by atoms with Crippen LogP contribution in [-0.4, -0.2) is 30.9 Å². The van der Waals surface area contributed by atoms with E-state index in [4.69, 9.17) is 11.5 Å². The summed E-state index contributed by atoms with van der Waals surface area (Å²) in [6, 6.07) is 4.85. The third-order valence-electron chi connectivity index (χ3n) is 2.80. The molecule has 1 N–H and O–H groups in total. The van der Waals surface area contributed by atoms with Gasteiger partial charge in [0.05, 0.1) is 18.0 Å². The fourth-order valence-corrected chi connectivity index (χ4v) is 3.35. The maximum atomic E-state index is 12.4. The zero-order chi connectivity index (χ0) is 13.8. The lowest BCUT2D eigenvalue weighted by atomic mass is 10.1. The van der Waals surface area contributed by atoms with Crippen molar-refractivity contribution in [2.45, 2.75) is 25.3 Å². The van der Waals surface area contributed by atoms with Crippen molar-refractivity contribution in [3.8, 4) is 12.3 Å². The third-order valence-corrected chi connectivity index (χ3v) is 4.87. The number of aliphatic hydroxyl groups excluding tert-OH is 1. The van der Waals surface area contributed by atoms with Crippen molar-refractivity contribution in [3.63, 3.8) is 0 Å². The predicted molar refractivity (Wildman–Crippen MR) is 70.4 cm³/mol. The van der Waals surface area contributed by atoms with Gasteiger partial charge in [-0.2, -0.15) is 4.31 Å². The Labute approximate surface area is 108 Å². The van der Waals surface area contributed by atoms with Crippen LogP contribution in [0.2, 0.25) is 0 Å². The molecule has 0 saturated carbocycles. The first-order valence-corrected chi connectivity index (χ1v) is 7.06. The van der Waals surface area contributed by atoms with Crippen molar-refractivity contribution < 1.29 is 13.5 Å². The molecule has 5 heteroatoms. The Morgan fingerprint density at radius 3 is 2.61 bits per heavy atom. The Kier molecular flexibility index (Phi) is 4.91. The minimum Gasteiger partial charge on any atom is -0.392 e. The van der Waals surface area contributed by atoms with Crippen LogP contribution in [0.3, 0.4) is 0 Å². The summed E-state index contributed by atoms with van der Waals surface area (Å²) in [5.41, 5.74) is 1.17. The molecule has 0 atom stereocenters. The van der Waals surface area contributed by atoms with Crippen molar-refractivity contribution in [2.24, 2.45) is 0 Å². The number of nitrogens with zero attached hydrogens (tertiary/aromatic N) is 1. The Hall–Kier alpha value is -1.35. The number of hydrogen-bond donors (Lipinski definition) is 1. The zero-order valence-corrected chi connectivity index (χ0v) is 11.4. The van der Waals surface area contributed by atoms with Gasteiger partial charge in [-0.1, -0.05) is 25.0 Å². The van der Waals surface area contributed by atoms with Gasteiger partial charge < -0.3 is 5.11 Å². The van der Waals surface area contributed by atoms with Crippen LogP contribution in [0, 0.1) is 19.3 Å². The summed E-state index contributed by atoms with van der Waals surface area (Å²) in [5.74, 6) is 2.34. The van der Waals surface area contributed by atoms with Crippen molar-refractivity contribution in [1.29, 1.82) is 0 Å². The van der Waals surface area contributed by atoms with Gasteiger partial charge >= 0.3 is 0 Å². The number of aliphatic hydroxyl groups is 1. The van der Waals surface area contributed by atoms with Gasteiger partial charge in [0.1, 0.15) is 0 Å². The molecule has 0 unspecified atom stereocenters. The van der Waals surface area contributed by atoms with Crippen molar-refractivity contribution >= 4 is 10.0 Å². The van der Waals surface area contributed by atoms with Gasteiger partial charge in [-0.05, 0) is 24.1 Å². The maximum absolute atomic E-state index is 12.4. The molecule has 18 heavy (non-hydrogen) atoms. The topological polar surface area (TPSA) is 57.6 Å². The molecule has 0 spiro atoms. The highest BCUT2D eigenvalue weighted by atomic mass is 32.2. The van der Waals surface area contributed by atoms with E-state index in [1.807, 2.05) is 0 Å². The predicted octanol–water partition coefficient (Wildman–Crippen LogP) is 1.13. The van der Waals surface area contributed by atoms with Crippen LogP contribution in [0.25, 0.3) is 0 Å². The highest BCUT2D eigenvalue weighted by Gasteiger charge is 2.24. The molecule has 0 aliphatic carbocycles. The summed E-state index contributed by atoms with van der Waals surface area (Å²) in [6.07, 6.45) is 5.18. The van der Waals surface area contributed by atoms with Crippen molar-refractivity contribution in [3.05, 3.63) is 29.3 Å². The molecule has 0 aromatic heterocycles. The summed E-state index contributed by atoms with van der Waals surface area (Å²) in [7, 11) is -3.60. The maximum Gasteiger partial charge on any atom is 0.244 e. The van der Waals surface area contributed by atoms with Crippen LogP contribution >= 0.6 is 0 Å². The molecule has 1 aromatic rings. The smallest absolute Gasteiger partial charge is 0.244 e. The highest BCUT2D eigenvalue weighted by Crippen LogP contribution is 2.22. The van der Waals surface area contributed by atoms with E-state index >= 15 is 0 Å². The molecule has 0 bridgehead atoms. The normalized spacial score (nSPS) is 11.5. The van der Waals surface area contributed by atoms with E-state index in [1.165, 1.54) is 10.4 Å². The lowest BCUT2D eigenvalue weighted by Gasteiger charge is -2.20. The molecule has 4 nitrogen and oxygen atoms in total. The molecule has 0 fully saturated rings. The number of rotatable bonds is 5.